The number of anilines is 1. The summed E-state index contributed by atoms with van der Waals surface area (Å²) in [7, 11) is 1.58. The predicted octanol–water partition coefficient (Wildman–Crippen LogP) is 3.30. The second kappa shape index (κ2) is 4.63. The zero-order valence-electron chi connectivity index (χ0n) is 9.70. The van der Waals surface area contributed by atoms with Crippen molar-refractivity contribution in [3.05, 3.63) is 41.0 Å². The lowest BCUT2D eigenvalue weighted by molar-refractivity contribution is 0.415. The molecule has 1 heterocycles. The lowest BCUT2D eigenvalue weighted by Gasteiger charge is -2.08. The molecule has 1 aromatic carbocycles. The monoisotopic (exact) mass is 248 g/mol. The summed E-state index contributed by atoms with van der Waals surface area (Å²) in [5.41, 5.74) is 9.23. The van der Waals surface area contributed by atoms with Crippen LogP contribution in [-0.2, 0) is 0 Å². The number of hydrogen-bond donors (Lipinski definition) is 1. The highest BCUT2D eigenvalue weighted by Crippen LogP contribution is 2.31. The van der Waals surface area contributed by atoms with E-state index in [1.54, 1.807) is 25.4 Å². The minimum atomic E-state index is 0.548. The summed E-state index contributed by atoms with van der Waals surface area (Å²) >= 11 is 6.07. The fourth-order valence-electron chi connectivity index (χ4n) is 1.65. The van der Waals surface area contributed by atoms with Crippen LogP contribution in [0.2, 0.25) is 5.02 Å². The molecule has 0 saturated carbocycles. The number of nitrogens with zero attached hydrogens (tertiary/aromatic N) is 1. The molecule has 4 heteroatoms. The van der Waals surface area contributed by atoms with E-state index >= 15 is 0 Å². The Morgan fingerprint density at radius 2 is 2.06 bits per heavy atom. The minimum absolute atomic E-state index is 0.548. The standard InChI is InChI=1S/C13H13ClN2O/c1-8-5-11(15)13(16-7-8)9-3-4-12(17-2)10(14)6-9/h3-7H,15H2,1-2H3. The average molecular weight is 249 g/mol. The quantitative estimate of drug-likeness (QED) is 0.887. The maximum absolute atomic E-state index is 6.07. The van der Waals surface area contributed by atoms with Crippen molar-refractivity contribution in [1.29, 1.82) is 0 Å². The second-order valence-corrected chi connectivity index (χ2v) is 4.21. The van der Waals surface area contributed by atoms with Crippen LogP contribution in [0, 0.1) is 6.92 Å². The van der Waals surface area contributed by atoms with Crippen LogP contribution in [0.4, 0.5) is 5.69 Å². The molecule has 0 saturated heterocycles. The van der Waals surface area contributed by atoms with Crippen molar-refractivity contribution in [1.82, 2.24) is 4.98 Å². The zero-order chi connectivity index (χ0) is 12.4. The van der Waals surface area contributed by atoms with Crippen molar-refractivity contribution >= 4 is 17.3 Å². The van der Waals surface area contributed by atoms with Crippen LogP contribution in [-0.4, -0.2) is 12.1 Å². The molecule has 0 atom stereocenters. The molecule has 0 aliphatic carbocycles. The van der Waals surface area contributed by atoms with Crippen LogP contribution in [0.3, 0.4) is 0 Å². The van der Waals surface area contributed by atoms with E-state index in [0.29, 0.717) is 16.5 Å². The largest absolute Gasteiger partial charge is 0.495 e. The number of aryl methyl sites for hydroxylation is 1. The van der Waals surface area contributed by atoms with Gasteiger partial charge in [-0.3, -0.25) is 4.98 Å². The average Bonchev–Trinajstić information content (AvgIpc) is 2.29. The van der Waals surface area contributed by atoms with Gasteiger partial charge in [0.15, 0.2) is 0 Å². The minimum Gasteiger partial charge on any atom is -0.495 e. The lowest BCUT2D eigenvalue weighted by atomic mass is 10.1. The number of aromatic nitrogens is 1. The molecule has 3 nitrogen and oxygen atoms in total. The van der Waals surface area contributed by atoms with Gasteiger partial charge in [0, 0.05) is 11.8 Å². The summed E-state index contributed by atoms with van der Waals surface area (Å²) < 4.78 is 5.10. The van der Waals surface area contributed by atoms with E-state index in [9.17, 15) is 0 Å². The molecule has 2 aromatic rings. The van der Waals surface area contributed by atoms with Crippen molar-refractivity contribution in [2.24, 2.45) is 0 Å². The number of methoxy groups -OCH3 is 1. The Labute approximate surface area is 105 Å². The normalized spacial score (nSPS) is 10.3. The van der Waals surface area contributed by atoms with Crippen LogP contribution in [0.5, 0.6) is 5.75 Å². The van der Waals surface area contributed by atoms with E-state index in [2.05, 4.69) is 4.98 Å². The number of pyridine rings is 1. The highest BCUT2D eigenvalue weighted by molar-refractivity contribution is 6.32. The number of benzene rings is 1. The molecule has 2 rings (SSSR count). The van der Waals surface area contributed by atoms with Gasteiger partial charge in [-0.2, -0.15) is 0 Å². The van der Waals surface area contributed by atoms with Crippen molar-refractivity contribution in [3.8, 4) is 17.0 Å². The predicted molar refractivity (Wildman–Crippen MR) is 70.4 cm³/mol. The molecule has 0 spiro atoms. The topological polar surface area (TPSA) is 48.1 Å². The Bertz CT molecular complexity index is 555. The molecule has 0 bridgehead atoms. The van der Waals surface area contributed by atoms with Gasteiger partial charge in [0.25, 0.3) is 0 Å². The summed E-state index contributed by atoms with van der Waals surface area (Å²) in [6, 6.07) is 7.38. The van der Waals surface area contributed by atoms with Gasteiger partial charge in [-0.25, -0.2) is 0 Å². The molecule has 88 valence electrons. The van der Waals surface area contributed by atoms with Crippen LogP contribution in [0.15, 0.2) is 30.5 Å². The summed E-state index contributed by atoms with van der Waals surface area (Å²) in [6.07, 6.45) is 1.78. The number of rotatable bonds is 2. The molecule has 1 aromatic heterocycles. The molecule has 17 heavy (non-hydrogen) atoms. The maximum atomic E-state index is 6.07. The maximum Gasteiger partial charge on any atom is 0.137 e. The fraction of sp³-hybridized carbons (Fsp3) is 0.154. The fourth-order valence-corrected chi connectivity index (χ4v) is 1.90. The first-order chi connectivity index (χ1) is 8.11. The van der Waals surface area contributed by atoms with Gasteiger partial charge in [0.05, 0.1) is 23.5 Å². The molecule has 0 amide bonds. The van der Waals surface area contributed by atoms with Gasteiger partial charge in [0.2, 0.25) is 0 Å². The first-order valence-electron chi connectivity index (χ1n) is 5.18. The van der Waals surface area contributed by atoms with Gasteiger partial charge in [-0.1, -0.05) is 11.6 Å². The molecular formula is C13H13ClN2O. The van der Waals surface area contributed by atoms with Gasteiger partial charge < -0.3 is 10.5 Å². The van der Waals surface area contributed by atoms with Crippen molar-refractivity contribution in [3.63, 3.8) is 0 Å². The van der Waals surface area contributed by atoms with Gasteiger partial charge in [-0.15, -0.1) is 0 Å². The third-order valence-corrected chi connectivity index (χ3v) is 2.77. The number of nitrogen functional groups attached to an aromatic ring is 1. The van der Waals surface area contributed by atoms with E-state index < -0.39 is 0 Å². The summed E-state index contributed by atoms with van der Waals surface area (Å²) in [6.45, 7) is 1.95. The van der Waals surface area contributed by atoms with Crippen LogP contribution < -0.4 is 10.5 Å². The van der Waals surface area contributed by atoms with E-state index in [4.69, 9.17) is 22.1 Å². The Balaban J connectivity index is 2.50. The van der Waals surface area contributed by atoms with Gasteiger partial charge >= 0.3 is 0 Å². The van der Waals surface area contributed by atoms with E-state index in [0.717, 1.165) is 16.8 Å². The van der Waals surface area contributed by atoms with E-state index in [1.807, 2.05) is 19.1 Å². The van der Waals surface area contributed by atoms with E-state index in [-0.39, 0.29) is 0 Å². The SMILES string of the molecule is COc1ccc(-c2ncc(C)cc2N)cc1Cl. The summed E-state index contributed by atoms with van der Waals surface area (Å²) in [4.78, 5) is 4.32. The molecular weight excluding hydrogens is 236 g/mol. The van der Waals surface area contributed by atoms with Crippen LogP contribution >= 0.6 is 11.6 Å². The molecule has 2 N–H and O–H groups in total. The smallest absolute Gasteiger partial charge is 0.137 e. The third kappa shape index (κ3) is 2.34. The van der Waals surface area contributed by atoms with Crippen molar-refractivity contribution in [2.45, 2.75) is 6.92 Å². The number of ether oxygens (including phenoxy) is 1. The Morgan fingerprint density at radius 1 is 1.29 bits per heavy atom. The molecule has 0 radical (unpaired) electrons. The number of hydrogen-bond acceptors (Lipinski definition) is 3. The summed E-state index contributed by atoms with van der Waals surface area (Å²) in [5.74, 6) is 0.640. The second-order valence-electron chi connectivity index (χ2n) is 3.80. The number of halogens is 1. The number of nitrogens with two attached hydrogens (primary N) is 1. The molecule has 0 aliphatic rings. The van der Waals surface area contributed by atoms with Gasteiger partial charge in [0.1, 0.15) is 5.75 Å². The van der Waals surface area contributed by atoms with E-state index in [1.165, 1.54) is 0 Å². The third-order valence-electron chi connectivity index (χ3n) is 2.48. The summed E-state index contributed by atoms with van der Waals surface area (Å²) in [5, 5.41) is 0.548. The van der Waals surface area contributed by atoms with Gasteiger partial charge in [-0.05, 0) is 36.8 Å². The molecule has 0 fully saturated rings. The Kier molecular flexibility index (Phi) is 3.20. The highest BCUT2D eigenvalue weighted by atomic mass is 35.5. The molecule has 0 unspecified atom stereocenters. The highest BCUT2D eigenvalue weighted by Gasteiger charge is 2.07. The molecule has 0 aliphatic heterocycles. The van der Waals surface area contributed by atoms with Crippen molar-refractivity contribution < 1.29 is 4.74 Å². The first-order valence-corrected chi connectivity index (χ1v) is 5.55. The lowest BCUT2D eigenvalue weighted by Crippen LogP contribution is -1.94. The first kappa shape index (κ1) is 11.7. The van der Waals surface area contributed by atoms with Crippen LogP contribution in [0.25, 0.3) is 11.3 Å². The van der Waals surface area contributed by atoms with Crippen LogP contribution in [0.1, 0.15) is 5.56 Å². The van der Waals surface area contributed by atoms with Crippen molar-refractivity contribution in [2.75, 3.05) is 12.8 Å². The Morgan fingerprint density at radius 3 is 2.65 bits per heavy atom. The zero-order valence-corrected chi connectivity index (χ0v) is 10.5. The Hall–Kier alpha value is -1.74.